The van der Waals surface area contributed by atoms with E-state index in [1.54, 1.807) is 25.3 Å². The van der Waals surface area contributed by atoms with E-state index in [0.29, 0.717) is 30.3 Å². The molecule has 21 heavy (non-hydrogen) atoms. The van der Waals surface area contributed by atoms with Crippen LogP contribution in [0.15, 0.2) is 22.7 Å². The molecule has 0 aliphatic carbocycles. The Morgan fingerprint density at radius 2 is 2.00 bits per heavy atom. The molecule has 0 saturated carbocycles. The Bertz CT molecular complexity index is 469. The molecule has 1 amide bonds. The van der Waals surface area contributed by atoms with E-state index in [1.807, 2.05) is 19.0 Å². The third-order valence-electron chi connectivity index (χ3n) is 3.05. The van der Waals surface area contributed by atoms with Gasteiger partial charge in [-0.1, -0.05) is 11.6 Å². The maximum Gasteiger partial charge on any atom is 0.253 e. The summed E-state index contributed by atoms with van der Waals surface area (Å²) in [6.45, 7) is 2.77. The fourth-order valence-corrected chi connectivity index (χ4v) is 2.40. The van der Waals surface area contributed by atoms with E-state index in [4.69, 9.17) is 16.3 Å². The second-order valence-corrected chi connectivity index (χ2v) is 6.33. The number of rotatable bonds is 8. The van der Waals surface area contributed by atoms with Crippen molar-refractivity contribution in [2.45, 2.75) is 6.42 Å². The Kier molecular flexibility index (Phi) is 8.26. The molecule has 0 aliphatic heterocycles. The van der Waals surface area contributed by atoms with Crippen molar-refractivity contribution in [2.24, 2.45) is 0 Å². The lowest BCUT2D eigenvalue weighted by molar-refractivity contribution is 0.0689. The van der Waals surface area contributed by atoms with Gasteiger partial charge in [-0.2, -0.15) is 0 Å². The summed E-state index contributed by atoms with van der Waals surface area (Å²) in [6, 6.07) is 5.24. The summed E-state index contributed by atoms with van der Waals surface area (Å²) in [5, 5.41) is 0.600. The standard InChI is InChI=1S/C15H22BrClN2O2/c1-18(2)7-4-8-19(9-10-21-3)15(20)12-5-6-14(17)13(16)11-12/h5-6,11H,4,7-10H2,1-3H3. The highest BCUT2D eigenvalue weighted by atomic mass is 79.9. The largest absolute Gasteiger partial charge is 0.383 e. The van der Waals surface area contributed by atoms with E-state index in [9.17, 15) is 4.79 Å². The topological polar surface area (TPSA) is 32.8 Å². The molecule has 0 bridgehead atoms. The number of halogens is 2. The molecule has 0 fully saturated rings. The minimum atomic E-state index is 0.00294. The molecule has 0 atom stereocenters. The lowest BCUT2D eigenvalue weighted by Gasteiger charge is -2.23. The Morgan fingerprint density at radius 1 is 1.29 bits per heavy atom. The molecule has 0 heterocycles. The van der Waals surface area contributed by atoms with Crippen LogP contribution < -0.4 is 0 Å². The number of hydrogen-bond donors (Lipinski definition) is 0. The number of hydrogen-bond acceptors (Lipinski definition) is 3. The quantitative estimate of drug-likeness (QED) is 0.698. The molecular weight excluding hydrogens is 356 g/mol. The molecule has 1 aromatic carbocycles. The predicted molar refractivity (Wildman–Crippen MR) is 90.1 cm³/mol. The summed E-state index contributed by atoms with van der Waals surface area (Å²) in [7, 11) is 5.69. The molecule has 118 valence electrons. The van der Waals surface area contributed by atoms with Crippen LogP contribution in [0.3, 0.4) is 0 Å². The third-order valence-corrected chi connectivity index (χ3v) is 4.27. The van der Waals surface area contributed by atoms with Gasteiger partial charge >= 0.3 is 0 Å². The van der Waals surface area contributed by atoms with Crippen molar-refractivity contribution in [3.63, 3.8) is 0 Å². The van der Waals surface area contributed by atoms with Crippen molar-refractivity contribution in [1.29, 1.82) is 0 Å². The second-order valence-electron chi connectivity index (χ2n) is 5.07. The molecule has 0 spiro atoms. The fourth-order valence-electron chi connectivity index (χ4n) is 1.91. The predicted octanol–water partition coefficient (Wildman–Crippen LogP) is 3.14. The highest BCUT2D eigenvalue weighted by molar-refractivity contribution is 9.10. The Hall–Kier alpha value is -0.620. The van der Waals surface area contributed by atoms with Crippen molar-refractivity contribution in [3.8, 4) is 0 Å². The van der Waals surface area contributed by atoms with Gasteiger partial charge in [0.05, 0.1) is 11.6 Å². The van der Waals surface area contributed by atoms with Gasteiger partial charge in [-0.25, -0.2) is 0 Å². The minimum Gasteiger partial charge on any atom is -0.383 e. The van der Waals surface area contributed by atoms with Gasteiger partial charge in [-0.05, 0) is 61.2 Å². The molecule has 6 heteroatoms. The number of amides is 1. The van der Waals surface area contributed by atoms with Gasteiger partial charge in [0.1, 0.15) is 0 Å². The first-order valence-corrected chi connectivity index (χ1v) is 8.00. The van der Waals surface area contributed by atoms with Crippen molar-refractivity contribution < 1.29 is 9.53 Å². The van der Waals surface area contributed by atoms with Crippen LogP contribution in [0.5, 0.6) is 0 Å². The summed E-state index contributed by atoms with van der Waals surface area (Å²) >= 11 is 9.32. The fraction of sp³-hybridized carbons (Fsp3) is 0.533. The highest BCUT2D eigenvalue weighted by Crippen LogP contribution is 2.23. The maximum atomic E-state index is 12.6. The number of carbonyl (C=O) groups excluding carboxylic acids is 1. The molecule has 1 aromatic rings. The van der Waals surface area contributed by atoms with Crippen LogP contribution in [0.1, 0.15) is 16.8 Å². The second kappa shape index (κ2) is 9.41. The SMILES string of the molecule is COCCN(CCCN(C)C)C(=O)c1ccc(Cl)c(Br)c1. The number of ether oxygens (including phenoxy) is 1. The first-order chi connectivity index (χ1) is 9.95. The number of carbonyl (C=O) groups is 1. The average molecular weight is 378 g/mol. The van der Waals surface area contributed by atoms with E-state index in [1.165, 1.54) is 0 Å². The molecular formula is C15H22BrClN2O2. The van der Waals surface area contributed by atoms with Crippen LogP contribution >= 0.6 is 27.5 Å². The van der Waals surface area contributed by atoms with Gasteiger partial charge in [-0.3, -0.25) is 4.79 Å². The highest BCUT2D eigenvalue weighted by Gasteiger charge is 2.16. The normalized spacial score (nSPS) is 11.0. The van der Waals surface area contributed by atoms with Crippen molar-refractivity contribution in [1.82, 2.24) is 9.80 Å². The molecule has 4 nitrogen and oxygen atoms in total. The van der Waals surface area contributed by atoms with Crippen LogP contribution in [0.2, 0.25) is 5.02 Å². The van der Waals surface area contributed by atoms with Crippen LogP contribution in [0.25, 0.3) is 0 Å². The zero-order valence-corrected chi connectivity index (χ0v) is 15.1. The molecule has 0 unspecified atom stereocenters. The summed E-state index contributed by atoms with van der Waals surface area (Å²) in [5.74, 6) is 0.00294. The monoisotopic (exact) mass is 376 g/mol. The van der Waals surface area contributed by atoms with Crippen LogP contribution in [-0.4, -0.2) is 63.2 Å². The van der Waals surface area contributed by atoms with Crippen molar-refractivity contribution in [3.05, 3.63) is 33.3 Å². The number of nitrogens with zero attached hydrogens (tertiary/aromatic N) is 2. The Morgan fingerprint density at radius 3 is 2.57 bits per heavy atom. The summed E-state index contributed by atoms with van der Waals surface area (Å²) in [4.78, 5) is 16.5. The lowest BCUT2D eigenvalue weighted by Crippen LogP contribution is -2.36. The summed E-state index contributed by atoms with van der Waals surface area (Å²) in [5.41, 5.74) is 0.632. The molecule has 0 aromatic heterocycles. The van der Waals surface area contributed by atoms with E-state index in [2.05, 4.69) is 20.8 Å². The van der Waals surface area contributed by atoms with Crippen LogP contribution in [0, 0.1) is 0 Å². The Balaban J connectivity index is 2.75. The number of benzene rings is 1. The maximum absolute atomic E-state index is 12.6. The van der Waals surface area contributed by atoms with Crippen LogP contribution in [-0.2, 0) is 4.74 Å². The van der Waals surface area contributed by atoms with E-state index in [0.717, 1.165) is 17.4 Å². The zero-order chi connectivity index (χ0) is 15.8. The molecule has 1 rings (SSSR count). The molecule has 0 radical (unpaired) electrons. The van der Waals surface area contributed by atoms with Gasteiger partial charge < -0.3 is 14.5 Å². The lowest BCUT2D eigenvalue weighted by atomic mass is 10.2. The van der Waals surface area contributed by atoms with Gasteiger partial charge in [0.15, 0.2) is 0 Å². The molecule has 0 aliphatic rings. The van der Waals surface area contributed by atoms with Crippen LogP contribution in [0.4, 0.5) is 0 Å². The number of methoxy groups -OCH3 is 1. The summed E-state index contributed by atoms with van der Waals surface area (Å²) in [6.07, 6.45) is 0.928. The molecule has 0 saturated heterocycles. The first-order valence-electron chi connectivity index (χ1n) is 6.83. The Labute approximate surface area is 140 Å². The van der Waals surface area contributed by atoms with E-state index >= 15 is 0 Å². The smallest absolute Gasteiger partial charge is 0.253 e. The van der Waals surface area contributed by atoms with Gasteiger partial charge in [0, 0.05) is 30.2 Å². The average Bonchev–Trinajstić information content (AvgIpc) is 2.44. The van der Waals surface area contributed by atoms with Gasteiger partial charge in [0.2, 0.25) is 0 Å². The van der Waals surface area contributed by atoms with Crippen molar-refractivity contribution >= 4 is 33.4 Å². The van der Waals surface area contributed by atoms with Gasteiger partial charge in [0.25, 0.3) is 5.91 Å². The van der Waals surface area contributed by atoms with E-state index < -0.39 is 0 Å². The third kappa shape index (κ3) is 6.34. The summed E-state index contributed by atoms with van der Waals surface area (Å²) < 4.78 is 5.83. The first kappa shape index (κ1) is 18.4. The zero-order valence-electron chi connectivity index (χ0n) is 12.7. The van der Waals surface area contributed by atoms with E-state index in [-0.39, 0.29) is 5.91 Å². The minimum absolute atomic E-state index is 0.00294. The van der Waals surface area contributed by atoms with Gasteiger partial charge in [-0.15, -0.1) is 0 Å². The van der Waals surface area contributed by atoms with Crippen molar-refractivity contribution in [2.75, 3.05) is 47.4 Å². The molecule has 0 N–H and O–H groups in total.